The molecule has 8 heteroatoms. The number of sulfonamides is 1. The third-order valence-corrected chi connectivity index (χ3v) is 5.29. The summed E-state index contributed by atoms with van der Waals surface area (Å²) in [5.74, 6) is -0.372. The van der Waals surface area contributed by atoms with E-state index in [9.17, 15) is 13.2 Å². The highest BCUT2D eigenvalue weighted by molar-refractivity contribution is 7.90. The highest BCUT2D eigenvalue weighted by atomic mass is 32.2. The van der Waals surface area contributed by atoms with Gasteiger partial charge in [0.2, 0.25) is 5.91 Å². The van der Waals surface area contributed by atoms with Crippen LogP contribution in [0.4, 0.5) is 0 Å². The number of allylic oxidation sites excluding steroid dienone is 2. The summed E-state index contributed by atoms with van der Waals surface area (Å²) in [5.41, 5.74) is 0.803. The SMILES string of the molecule is O=C(C[C@H]1C=CCC1)NS(=O)(=O)c1cccc2nsnc12. The highest BCUT2D eigenvalue weighted by Gasteiger charge is 2.23. The number of hydrogen-bond donors (Lipinski definition) is 1. The summed E-state index contributed by atoms with van der Waals surface area (Å²) in [6.07, 6.45) is 5.97. The Morgan fingerprint density at radius 1 is 1.38 bits per heavy atom. The zero-order valence-electron chi connectivity index (χ0n) is 11.0. The number of benzene rings is 1. The average Bonchev–Trinajstić information content (AvgIpc) is 3.07. The van der Waals surface area contributed by atoms with E-state index in [1.165, 1.54) is 6.07 Å². The summed E-state index contributed by atoms with van der Waals surface area (Å²) in [7, 11) is -3.92. The molecule has 1 aromatic heterocycles. The van der Waals surface area contributed by atoms with Crippen LogP contribution in [0.2, 0.25) is 0 Å². The first kappa shape index (κ1) is 14.2. The molecule has 0 spiro atoms. The third kappa shape index (κ3) is 2.96. The Morgan fingerprint density at radius 2 is 2.24 bits per heavy atom. The van der Waals surface area contributed by atoms with E-state index in [-0.39, 0.29) is 17.2 Å². The molecule has 1 amide bonds. The minimum atomic E-state index is -3.92. The predicted molar refractivity (Wildman–Crippen MR) is 79.2 cm³/mol. The molecular weight excluding hydrogens is 310 g/mol. The first-order valence-corrected chi connectivity index (χ1v) is 8.71. The summed E-state index contributed by atoms with van der Waals surface area (Å²) < 4.78 is 34.7. The maximum absolute atomic E-state index is 12.3. The summed E-state index contributed by atoms with van der Waals surface area (Å²) >= 11 is 0.942. The van der Waals surface area contributed by atoms with Crippen molar-refractivity contribution < 1.29 is 13.2 Å². The van der Waals surface area contributed by atoms with E-state index >= 15 is 0 Å². The Labute approximate surface area is 126 Å². The largest absolute Gasteiger partial charge is 0.274 e. The van der Waals surface area contributed by atoms with E-state index in [0.29, 0.717) is 11.0 Å². The van der Waals surface area contributed by atoms with Gasteiger partial charge in [-0.3, -0.25) is 4.79 Å². The van der Waals surface area contributed by atoms with Gasteiger partial charge in [0, 0.05) is 6.42 Å². The minimum absolute atomic E-state index is 0.0101. The molecule has 6 nitrogen and oxygen atoms in total. The van der Waals surface area contributed by atoms with Gasteiger partial charge in [-0.1, -0.05) is 18.2 Å². The van der Waals surface area contributed by atoms with Crippen LogP contribution in [-0.2, 0) is 14.8 Å². The van der Waals surface area contributed by atoms with Crippen molar-refractivity contribution in [1.29, 1.82) is 0 Å². The molecule has 0 fully saturated rings. The van der Waals surface area contributed by atoms with Crippen LogP contribution < -0.4 is 4.72 Å². The molecule has 0 radical (unpaired) electrons. The minimum Gasteiger partial charge on any atom is -0.274 e. The number of rotatable bonds is 4. The van der Waals surface area contributed by atoms with Crippen molar-refractivity contribution in [2.45, 2.75) is 24.2 Å². The van der Waals surface area contributed by atoms with Crippen LogP contribution in [0.3, 0.4) is 0 Å². The zero-order chi connectivity index (χ0) is 14.9. The number of aromatic nitrogens is 2. The molecule has 0 saturated heterocycles. The van der Waals surface area contributed by atoms with Crippen molar-refractivity contribution in [2.75, 3.05) is 0 Å². The van der Waals surface area contributed by atoms with Crippen molar-refractivity contribution in [3.05, 3.63) is 30.4 Å². The van der Waals surface area contributed by atoms with E-state index in [1.54, 1.807) is 12.1 Å². The van der Waals surface area contributed by atoms with Crippen LogP contribution >= 0.6 is 11.7 Å². The molecule has 0 saturated carbocycles. The molecule has 2 aromatic rings. The third-order valence-electron chi connectivity index (χ3n) is 3.35. The maximum Gasteiger partial charge on any atom is 0.266 e. The molecule has 0 bridgehead atoms. The highest BCUT2D eigenvalue weighted by Crippen LogP contribution is 2.23. The number of carbonyl (C=O) groups excluding carboxylic acids is 1. The van der Waals surface area contributed by atoms with Crippen molar-refractivity contribution in [1.82, 2.24) is 13.5 Å². The quantitative estimate of drug-likeness (QED) is 0.867. The number of nitrogens with zero attached hydrogens (tertiary/aromatic N) is 2. The molecular formula is C13H13N3O3S2. The lowest BCUT2D eigenvalue weighted by atomic mass is 10.1. The first-order chi connectivity index (χ1) is 10.1. The molecule has 0 unspecified atom stereocenters. The molecule has 1 atom stereocenters. The Bertz CT molecular complexity index is 811. The van der Waals surface area contributed by atoms with Gasteiger partial charge in [-0.2, -0.15) is 8.75 Å². The molecule has 110 valence electrons. The van der Waals surface area contributed by atoms with Gasteiger partial charge in [-0.05, 0) is 30.9 Å². The number of nitrogens with one attached hydrogen (secondary N) is 1. The topological polar surface area (TPSA) is 89.0 Å². The molecule has 1 N–H and O–H groups in total. The van der Waals surface area contributed by atoms with Gasteiger partial charge in [-0.15, -0.1) is 0 Å². The lowest BCUT2D eigenvalue weighted by molar-refractivity contribution is -0.119. The molecule has 21 heavy (non-hydrogen) atoms. The van der Waals surface area contributed by atoms with Crippen molar-refractivity contribution in [3.8, 4) is 0 Å². The molecule has 3 rings (SSSR count). The van der Waals surface area contributed by atoms with E-state index in [2.05, 4.69) is 13.5 Å². The van der Waals surface area contributed by atoms with Crippen molar-refractivity contribution in [3.63, 3.8) is 0 Å². The lowest BCUT2D eigenvalue weighted by Crippen LogP contribution is -2.31. The van der Waals surface area contributed by atoms with Gasteiger partial charge in [0.25, 0.3) is 10.0 Å². The summed E-state index contributed by atoms with van der Waals surface area (Å²) in [5, 5.41) is 0. The second kappa shape index (κ2) is 5.53. The molecule has 1 aliphatic rings. The standard InChI is InChI=1S/C13H13N3O3S2/c17-12(8-9-4-1-2-5-9)16-21(18,19)11-7-3-6-10-13(11)15-20-14-10/h1,3-4,6-7,9H,2,5,8H2,(H,16,17)/t9-/m0/s1. The number of carbonyl (C=O) groups is 1. The van der Waals surface area contributed by atoms with E-state index in [4.69, 9.17) is 0 Å². The first-order valence-electron chi connectivity index (χ1n) is 6.50. The van der Waals surface area contributed by atoms with Gasteiger partial charge >= 0.3 is 0 Å². The average molecular weight is 323 g/mol. The Morgan fingerprint density at radius 3 is 3.00 bits per heavy atom. The molecule has 1 aliphatic carbocycles. The predicted octanol–water partition coefficient (Wildman–Crippen LogP) is 1.85. The van der Waals surface area contributed by atoms with E-state index in [0.717, 1.165) is 24.6 Å². The van der Waals surface area contributed by atoms with Gasteiger partial charge < -0.3 is 0 Å². The fourth-order valence-corrected chi connectivity index (χ4v) is 4.11. The summed E-state index contributed by atoms with van der Waals surface area (Å²) in [6.45, 7) is 0. The molecule has 0 aliphatic heterocycles. The van der Waals surface area contributed by atoms with Crippen LogP contribution in [0.15, 0.2) is 35.2 Å². The van der Waals surface area contributed by atoms with Crippen LogP contribution in [0.5, 0.6) is 0 Å². The Hall–Kier alpha value is -1.80. The molecule has 1 heterocycles. The zero-order valence-corrected chi connectivity index (χ0v) is 12.7. The monoisotopic (exact) mass is 323 g/mol. The van der Waals surface area contributed by atoms with Crippen LogP contribution in [0.1, 0.15) is 19.3 Å². The van der Waals surface area contributed by atoms with Gasteiger partial charge in [-0.25, -0.2) is 13.1 Å². The molecule has 1 aromatic carbocycles. The van der Waals surface area contributed by atoms with Crippen LogP contribution in [-0.4, -0.2) is 23.1 Å². The van der Waals surface area contributed by atoms with Gasteiger partial charge in [0.05, 0.1) is 11.7 Å². The van der Waals surface area contributed by atoms with Crippen molar-refractivity contribution in [2.24, 2.45) is 5.92 Å². The number of amides is 1. The lowest BCUT2D eigenvalue weighted by Gasteiger charge is -2.09. The van der Waals surface area contributed by atoms with Crippen LogP contribution in [0, 0.1) is 5.92 Å². The van der Waals surface area contributed by atoms with E-state index in [1.807, 2.05) is 12.2 Å². The normalized spacial score (nSPS) is 18.2. The second-order valence-corrected chi connectivity index (χ2v) is 7.07. The smallest absolute Gasteiger partial charge is 0.266 e. The number of hydrogen-bond acceptors (Lipinski definition) is 6. The van der Waals surface area contributed by atoms with Gasteiger partial charge in [0.1, 0.15) is 15.9 Å². The van der Waals surface area contributed by atoms with E-state index < -0.39 is 15.9 Å². The number of fused-ring (bicyclic) bond motifs is 1. The Balaban J connectivity index is 1.81. The fourth-order valence-electron chi connectivity index (χ4n) is 2.35. The maximum atomic E-state index is 12.3. The van der Waals surface area contributed by atoms with Gasteiger partial charge in [0.15, 0.2) is 0 Å². The Kier molecular flexibility index (Phi) is 3.73. The van der Waals surface area contributed by atoms with Crippen molar-refractivity contribution >= 4 is 38.7 Å². The second-order valence-electron chi connectivity index (χ2n) is 4.89. The summed E-state index contributed by atoms with van der Waals surface area (Å²) in [6, 6.07) is 4.69. The summed E-state index contributed by atoms with van der Waals surface area (Å²) in [4.78, 5) is 11.9. The fraction of sp³-hybridized carbons (Fsp3) is 0.308. The van der Waals surface area contributed by atoms with Crippen LogP contribution in [0.25, 0.3) is 11.0 Å².